The molecule has 0 N–H and O–H groups in total. The molecule has 1 saturated heterocycles. The van der Waals surface area contributed by atoms with Gasteiger partial charge in [0.25, 0.3) is 0 Å². The van der Waals surface area contributed by atoms with Crippen molar-refractivity contribution in [3.8, 4) is 0 Å². The Morgan fingerprint density at radius 3 is 2.60 bits per heavy atom. The van der Waals surface area contributed by atoms with E-state index in [2.05, 4.69) is 83.4 Å². The van der Waals surface area contributed by atoms with Crippen LogP contribution < -0.4 is 0 Å². The molecule has 0 unspecified atom stereocenters. The Morgan fingerprint density at radius 2 is 1.81 bits per heavy atom. The van der Waals surface area contributed by atoms with Crippen LogP contribution >= 0.6 is 23.6 Å². The molecule has 3 heterocycles. The van der Waals surface area contributed by atoms with E-state index in [0.717, 1.165) is 40.2 Å². The number of nitrogens with zero attached hydrogens (tertiary/aromatic N) is 3. The number of aryl methyl sites for hydroxylation is 2. The molecule has 5 aromatic rings. The Morgan fingerprint density at radius 1 is 1.02 bits per heavy atom. The van der Waals surface area contributed by atoms with Gasteiger partial charge in [-0.2, -0.15) is 0 Å². The van der Waals surface area contributed by atoms with Crippen LogP contribution in [0.5, 0.6) is 0 Å². The lowest BCUT2D eigenvalue weighted by Crippen LogP contribution is -2.48. The Kier molecular flexibility index (Phi) is 8.61. The molecule has 1 aliphatic heterocycles. The molecule has 0 bridgehead atoms. The van der Waals surface area contributed by atoms with E-state index < -0.39 is 5.60 Å². The van der Waals surface area contributed by atoms with Crippen molar-refractivity contribution in [2.75, 3.05) is 13.1 Å². The average molecular weight is 612 g/mol. The van der Waals surface area contributed by atoms with E-state index >= 15 is 0 Å². The number of hydrogen-bond acceptors (Lipinski definition) is 6. The van der Waals surface area contributed by atoms with E-state index in [1.54, 1.807) is 16.2 Å². The highest BCUT2D eigenvalue weighted by atomic mass is 32.1. The highest BCUT2D eigenvalue weighted by Crippen LogP contribution is 2.32. The van der Waals surface area contributed by atoms with Gasteiger partial charge in [-0.3, -0.25) is 4.98 Å². The third-order valence-electron chi connectivity index (χ3n) is 7.93. The second-order valence-corrected chi connectivity index (χ2v) is 13.8. The van der Waals surface area contributed by atoms with Gasteiger partial charge in [0, 0.05) is 37.3 Å². The number of aromatic nitrogens is 2. The normalized spacial score (nSPS) is 17.4. The van der Waals surface area contributed by atoms with Crippen LogP contribution in [0.15, 0.2) is 85.1 Å². The summed E-state index contributed by atoms with van der Waals surface area (Å²) in [7, 11) is 0. The van der Waals surface area contributed by atoms with E-state index in [1.165, 1.54) is 21.0 Å². The van der Waals surface area contributed by atoms with Crippen LogP contribution in [0.2, 0.25) is 0 Å². The van der Waals surface area contributed by atoms with Crippen LogP contribution in [-0.4, -0.2) is 45.3 Å². The average Bonchev–Trinajstić information content (AvgIpc) is 3.32. The molecular formula is C35H37N3O3S2. The summed E-state index contributed by atoms with van der Waals surface area (Å²) in [5.41, 5.74) is 3.90. The summed E-state index contributed by atoms with van der Waals surface area (Å²) < 4.78 is 16.6. The Hall–Kier alpha value is -3.59. The standard InChI is InChI=1S/C35H37N3O3S2/c1-35(2,3)41-33(39)37-18-17-29(31(22-37)40-23-24-12-13-25-8-4-5-9-26(25)20-24)27-14-15-28(36-21-27)16-19-38-30-10-6-7-11-32(30)43-34(38)42/h4-15,20-21,29,31H,16-19,22-23H2,1-3H3/t29-,31+/m1/s1. The monoisotopic (exact) mass is 611 g/mol. The summed E-state index contributed by atoms with van der Waals surface area (Å²) in [5, 5.41) is 2.40. The number of fused-ring (bicyclic) bond motifs is 2. The van der Waals surface area contributed by atoms with Crippen molar-refractivity contribution < 1.29 is 14.3 Å². The fourth-order valence-corrected chi connectivity index (χ4v) is 7.12. The lowest BCUT2D eigenvalue weighted by Gasteiger charge is -2.39. The zero-order valence-corrected chi connectivity index (χ0v) is 26.5. The second-order valence-electron chi connectivity index (χ2n) is 12.2. The van der Waals surface area contributed by atoms with Gasteiger partial charge in [-0.25, -0.2) is 4.79 Å². The fraction of sp³-hybridized carbons (Fsp3) is 0.343. The van der Waals surface area contributed by atoms with Gasteiger partial charge in [-0.05, 0) is 85.6 Å². The molecular weight excluding hydrogens is 575 g/mol. The maximum Gasteiger partial charge on any atom is 0.410 e. The van der Waals surface area contributed by atoms with Gasteiger partial charge in [0.1, 0.15) is 5.60 Å². The fourth-order valence-electron chi connectivity index (χ4n) is 5.75. The molecule has 1 amide bonds. The minimum atomic E-state index is -0.547. The van der Waals surface area contributed by atoms with E-state index in [1.807, 2.05) is 27.0 Å². The van der Waals surface area contributed by atoms with Crippen molar-refractivity contribution in [2.24, 2.45) is 0 Å². The summed E-state index contributed by atoms with van der Waals surface area (Å²) >= 11 is 7.29. The van der Waals surface area contributed by atoms with Gasteiger partial charge in [0.15, 0.2) is 3.95 Å². The van der Waals surface area contributed by atoms with Crippen molar-refractivity contribution in [1.82, 2.24) is 14.5 Å². The highest BCUT2D eigenvalue weighted by molar-refractivity contribution is 7.73. The summed E-state index contributed by atoms with van der Waals surface area (Å²) in [6, 6.07) is 27.4. The first-order valence-electron chi connectivity index (χ1n) is 14.8. The van der Waals surface area contributed by atoms with Crippen molar-refractivity contribution in [3.05, 3.63) is 106 Å². The number of amides is 1. The molecule has 0 aliphatic carbocycles. The first kappa shape index (κ1) is 29.5. The quantitative estimate of drug-likeness (QED) is 0.173. The molecule has 6 rings (SSSR count). The Bertz CT molecular complexity index is 1790. The number of rotatable bonds is 7. The van der Waals surface area contributed by atoms with Gasteiger partial charge >= 0.3 is 6.09 Å². The molecule has 0 spiro atoms. The van der Waals surface area contributed by atoms with Crippen LogP contribution in [0.3, 0.4) is 0 Å². The smallest absolute Gasteiger partial charge is 0.410 e. The van der Waals surface area contributed by atoms with Gasteiger partial charge in [-0.15, -0.1) is 11.3 Å². The predicted molar refractivity (Wildman–Crippen MR) is 176 cm³/mol. The van der Waals surface area contributed by atoms with Crippen LogP contribution in [0, 0.1) is 3.95 Å². The van der Waals surface area contributed by atoms with Crippen LogP contribution in [0.4, 0.5) is 4.79 Å². The van der Waals surface area contributed by atoms with E-state index in [4.69, 9.17) is 26.7 Å². The SMILES string of the molecule is CC(C)(C)OC(=O)N1CC[C@H](c2ccc(CCn3c(=S)sc4ccccc43)nc2)[C@@H](OCc2ccc3ccccc3c2)C1. The number of piperidine rings is 1. The van der Waals surface area contributed by atoms with Gasteiger partial charge in [0.05, 0.1) is 29.5 Å². The number of benzene rings is 3. The minimum Gasteiger partial charge on any atom is -0.444 e. The van der Waals surface area contributed by atoms with Gasteiger partial charge < -0.3 is 18.9 Å². The third-order valence-corrected chi connectivity index (χ3v) is 9.36. The van der Waals surface area contributed by atoms with Gasteiger partial charge in [0.2, 0.25) is 0 Å². The molecule has 222 valence electrons. The Labute approximate surface area is 261 Å². The minimum absolute atomic E-state index is 0.120. The zero-order chi connectivity index (χ0) is 30.0. The summed E-state index contributed by atoms with van der Waals surface area (Å²) in [6.45, 7) is 8.03. The lowest BCUT2D eigenvalue weighted by molar-refractivity contribution is -0.0360. The maximum absolute atomic E-state index is 13.0. The molecule has 2 atom stereocenters. The lowest BCUT2D eigenvalue weighted by atomic mass is 9.87. The molecule has 1 fully saturated rings. The van der Waals surface area contributed by atoms with Crippen LogP contribution in [-0.2, 0) is 29.0 Å². The molecule has 0 saturated carbocycles. The first-order chi connectivity index (χ1) is 20.7. The molecule has 2 aromatic heterocycles. The van der Waals surface area contributed by atoms with Crippen molar-refractivity contribution in [1.29, 1.82) is 0 Å². The highest BCUT2D eigenvalue weighted by Gasteiger charge is 2.35. The number of likely N-dealkylation sites (tertiary alicyclic amines) is 1. The molecule has 1 aliphatic rings. The third kappa shape index (κ3) is 6.98. The number of pyridine rings is 1. The molecule has 3 aromatic carbocycles. The number of thiazole rings is 1. The van der Waals surface area contributed by atoms with Crippen molar-refractivity contribution >= 4 is 50.6 Å². The predicted octanol–water partition coefficient (Wildman–Crippen LogP) is 8.53. The van der Waals surface area contributed by atoms with Crippen molar-refractivity contribution in [2.45, 2.75) is 64.4 Å². The summed E-state index contributed by atoms with van der Waals surface area (Å²) in [6.07, 6.45) is 3.09. The number of carbonyl (C=O) groups is 1. The Balaban J connectivity index is 1.17. The van der Waals surface area contributed by atoms with E-state index in [9.17, 15) is 4.79 Å². The zero-order valence-electron chi connectivity index (χ0n) is 24.9. The number of para-hydroxylation sites is 1. The van der Waals surface area contributed by atoms with E-state index in [0.29, 0.717) is 19.7 Å². The van der Waals surface area contributed by atoms with Crippen LogP contribution in [0.25, 0.3) is 21.0 Å². The maximum atomic E-state index is 13.0. The topological polar surface area (TPSA) is 56.6 Å². The van der Waals surface area contributed by atoms with E-state index in [-0.39, 0.29) is 18.1 Å². The largest absolute Gasteiger partial charge is 0.444 e. The van der Waals surface area contributed by atoms with Gasteiger partial charge in [-0.1, -0.05) is 54.6 Å². The number of hydrogen-bond donors (Lipinski definition) is 0. The van der Waals surface area contributed by atoms with Crippen molar-refractivity contribution in [3.63, 3.8) is 0 Å². The molecule has 8 heteroatoms. The number of carbonyl (C=O) groups excluding carboxylic acids is 1. The molecule has 0 radical (unpaired) electrons. The summed E-state index contributed by atoms with van der Waals surface area (Å²) in [5.74, 6) is 0.120. The molecule has 43 heavy (non-hydrogen) atoms. The first-order valence-corrected chi connectivity index (χ1v) is 16.1. The summed E-state index contributed by atoms with van der Waals surface area (Å²) in [4.78, 5) is 19.6. The number of ether oxygens (including phenoxy) is 2. The van der Waals surface area contributed by atoms with Crippen LogP contribution in [0.1, 0.15) is 49.9 Å². The second kappa shape index (κ2) is 12.6. The molecule has 6 nitrogen and oxygen atoms in total.